The van der Waals surface area contributed by atoms with Crippen LogP contribution < -0.4 is 0 Å². The van der Waals surface area contributed by atoms with Crippen LogP contribution in [-0.2, 0) is 10.8 Å². The Morgan fingerprint density at radius 2 is 1.34 bits per heavy atom. The molecule has 1 saturated carbocycles. The maximum atomic E-state index is 2.58. The van der Waals surface area contributed by atoms with Crippen molar-refractivity contribution in [2.45, 2.75) is 84.0 Å². The molecule has 0 nitrogen and oxygen atoms in total. The molecule has 0 bridgehead atoms. The van der Waals surface area contributed by atoms with Gasteiger partial charge in [-0.3, -0.25) is 0 Å². The standard InChI is InChI=1S/C32H38/c1-31(2,3)19-13-15-23-24-16-14-20(32(4,5)6)18-28(24)30(27(23)17-19)29-25-11-7-9-21(25)22-10-8-12-26(22)29/h7,11,13-18,22,26,29-30H,8-10,12H2,1-6H3. The molecule has 1 fully saturated rings. The lowest BCUT2D eigenvalue weighted by atomic mass is 9.72. The molecule has 0 amide bonds. The molecular weight excluding hydrogens is 384 g/mol. The molecule has 4 aliphatic rings. The minimum Gasteiger partial charge on any atom is -0.0802 e. The van der Waals surface area contributed by atoms with Crippen LogP contribution in [0.1, 0.15) is 95.4 Å². The fourth-order valence-corrected chi connectivity index (χ4v) is 7.36. The number of hydrogen-bond donors (Lipinski definition) is 0. The second-order valence-electron chi connectivity index (χ2n) is 12.9. The van der Waals surface area contributed by atoms with Gasteiger partial charge in [-0.2, -0.15) is 0 Å². The number of rotatable bonds is 1. The first-order chi connectivity index (χ1) is 15.1. The summed E-state index contributed by atoms with van der Waals surface area (Å²) in [5.41, 5.74) is 13.0. The molecule has 4 aliphatic carbocycles. The van der Waals surface area contributed by atoms with Gasteiger partial charge in [0.15, 0.2) is 0 Å². The van der Waals surface area contributed by atoms with Crippen molar-refractivity contribution < 1.29 is 0 Å². The van der Waals surface area contributed by atoms with Crippen molar-refractivity contribution in [2.75, 3.05) is 0 Å². The van der Waals surface area contributed by atoms with Gasteiger partial charge < -0.3 is 0 Å². The molecule has 0 aromatic heterocycles. The largest absolute Gasteiger partial charge is 0.0802 e. The summed E-state index contributed by atoms with van der Waals surface area (Å²) in [5.74, 6) is 2.84. The molecule has 0 heteroatoms. The Morgan fingerprint density at radius 3 is 1.91 bits per heavy atom. The maximum absolute atomic E-state index is 2.58. The minimum atomic E-state index is 0.175. The number of fused-ring (bicyclic) bond motifs is 5. The molecule has 166 valence electrons. The van der Waals surface area contributed by atoms with Crippen molar-refractivity contribution in [1.82, 2.24) is 0 Å². The normalized spacial score (nSPS) is 26.5. The van der Waals surface area contributed by atoms with Gasteiger partial charge >= 0.3 is 0 Å². The van der Waals surface area contributed by atoms with Gasteiger partial charge in [-0.25, -0.2) is 0 Å². The highest BCUT2D eigenvalue weighted by Crippen LogP contribution is 2.62. The number of allylic oxidation sites excluding steroid dienone is 4. The molecule has 0 N–H and O–H groups in total. The van der Waals surface area contributed by atoms with Gasteiger partial charge in [0.25, 0.3) is 0 Å². The van der Waals surface area contributed by atoms with E-state index in [1.807, 2.05) is 0 Å². The summed E-state index contributed by atoms with van der Waals surface area (Å²) in [7, 11) is 0. The molecular formula is C32H38. The van der Waals surface area contributed by atoms with Gasteiger partial charge in [0, 0.05) is 5.92 Å². The lowest BCUT2D eigenvalue weighted by Gasteiger charge is -2.31. The highest BCUT2D eigenvalue weighted by Gasteiger charge is 2.50. The fourth-order valence-electron chi connectivity index (χ4n) is 7.36. The SMILES string of the molecule is CC(C)(C)c1ccc2c(c1)C(C1C3=C(CC=C3)C3CCCC31)c1cc(C(C)(C)C)ccc1-2. The first-order valence-corrected chi connectivity index (χ1v) is 12.8. The third kappa shape index (κ3) is 2.87. The second kappa shape index (κ2) is 6.72. The van der Waals surface area contributed by atoms with E-state index >= 15 is 0 Å². The van der Waals surface area contributed by atoms with Crippen molar-refractivity contribution in [1.29, 1.82) is 0 Å². The Kier molecular flexibility index (Phi) is 4.31. The topological polar surface area (TPSA) is 0 Å². The smallest absolute Gasteiger partial charge is 0.0173 e. The van der Waals surface area contributed by atoms with E-state index in [9.17, 15) is 0 Å². The van der Waals surface area contributed by atoms with Crippen LogP contribution in [0.4, 0.5) is 0 Å². The minimum absolute atomic E-state index is 0.175. The molecule has 32 heavy (non-hydrogen) atoms. The zero-order valence-corrected chi connectivity index (χ0v) is 20.8. The zero-order chi connectivity index (χ0) is 22.4. The van der Waals surface area contributed by atoms with E-state index in [-0.39, 0.29) is 10.8 Å². The molecule has 0 saturated heterocycles. The van der Waals surface area contributed by atoms with Crippen LogP contribution in [0.3, 0.4) is 0 Å². The van der Waals surface area contributed by atoms with Gasteiger partial charge in [-0.1, -0.05) is 102 Å². The van der Waals surface area contributed by atoms with Crippen LogP contribution in [0, 0.1) is 17.8 Å². The van der Waals surface area contributed by atoms with Gasteiger partial charge in [0.1, 0.15) is 0 Å². The summed E-state index contributed by atoms with van der Waals surface area (Å²) in [4.78, 5) is 0. The van der Waals surface area contributed by atoms with E-state index in [4.69, 9.17) is 0 Å². The van der Waals surface area contributed by atoms with E-state index in [1.165, 1.54) is 47.9 Å². The Balaban J connectivity index is 1.58. The molecule has 0 aliphatic heterocycles. The molecule has 3 unspecified atom stereocenters. The first kappa shape index (κ1) is 20.5. The van der Waals surface area contributed by atoms with E-state index in [1.54, 1.807) is 22.3 Å². The Bertz CT molecular complexity index is 1090. The third-order valence-electron chi connectivity index (χ3n) is 9.00. The zero-order valence-electron chi connectivity index (χ0n) is 20.8. The lowest BCUT2D eigenvalue weighted by molar-refractivity contribution is 0.339. The van der Waals surface area contributed by atoms with Gasteiger partial charge in [0.05, 0.1) is 0 Å². The molecule has 0 radical (unpaired) electrons. The monoisotopic (exact) mass is 422 g/mol. The highest BCUT2D eigenvalue weighted by atomic mass is 14.5. The average Bonchev–Trinajstić information content (AvgIpc) is 3.47. The molecule has 2 aromatic carbocycles. The quantitative estimate of drug-likeness (QED) is 0.431. The van der Waals surface area contributed by atoms with E-state index in [0.717, 1.165) is 11.8 Å². The van der Waals surface area contributed by atoms with E-state index in [2.05, 4.69) is 90.1 Å². The van der Waals surface area contributed by atoms with Crippen molar-refractivity contribution in [3.05, 3.63) is 82.0 Å². The average molecular weight is 423 g/mol. The molecule has 2 aromatic rings. The number of hydrogen-bond acceptors (Lipinski definition) is 0. The van der Waals surface area contributed by atoms with Crippen LogP contribution in [0.15, 0.2) is 59.7 Å². The van der Waals surface area contributed by atoms with Crippen molar-refractivity contribution in [3.63, 3.8) is 0 Å². The Morgan fingerprint density at radius 1 is 0.750 bits per heavy atom. The van der Waals surface area contributed by atoms with Crippen LogP contribution in [0.25, 0.3) is 11.1 Å². The summed E-state index contributed by atoms with van der Waals surface area (Å²) in [6.07, 6.45) is 10.4. The molecule has 3 atom stereocenters. The van der Waals surface area contributed by atoms with Gasteiger partial charge in [-0.15, -0.1) is 0 Å². The Labute approximate surface area is 194 Å². The predicted octanol–water partition coefficient (Wildman–Crippen LogP) is 8.70. The summed E-state index contributed by atoms with van der Waals surface area (Å²) >= 11 is 0. The molecule has 0 spiro atoms. The maximum Gasteiger partial charge on any atom is 0.0173 e. The van der Waals surface area contributed by atoms with Crippen molar-refractivity contribution in [2.24, 2.45) is 17.8 Å². The summed E-state index contributed by atoms with van der Waals surface area (Å²) in [6, 6.07) is 14.8. The van der Waals surface area contributed by atoms with Crippen LogP contribution >= 0.6 is 0 Å². The lowest BCUT2D eigenvalue weighted by Crippen LogP contribution is -2.22. The molecule has 6 rings (SSSR count). The van der Waals surface area contributed by atoms with Crippen LogP contribution in [0.5, 0.6) is 0 Å². The highest BCUT2D eigenvalue weighted by molar-refractivity contribution is 5.80. The van der Waals surface area contributed by atoms with Gasteiger partial charge in [-0.05, 0) is 86.8 Å². The van der Waals surface area contributed by atoms with E-state index in [0.29, 0.717) is 11.8 Å². The van der Waals surface area contributed by atoms with Gasteiger partial charge in [0.2, 0.25) is 0 Å². The van der Waals surface area contributed by atoms with Crippen molar-refractivity contribution in [3.8, 4) is 11.1 Å². The Hall–Kier alpha value is -2.08. The van der Waals surface area contributed by atoms with Crippen LogP contribution in [-0.4, -0.2) is 0 Å². The predicted molar refractivity (Wildman–Crippen MR) is 136 cm³/mol. The van der Waals surface area contributed by atoms with Crippen LogP contribution in [0.2, 0.25) is 0 Å². The first-order valence-electron chi connectivity index (χ1n) is 12.8. The fraction of sp³-hybridized carbons (Fsp3) is 0.500. The number of benzene rings is 2. The summed E-state index contributed by atoms with van der Waals surface area (Å²) in [5, 5.41) is 0. The third-order valence-corrected chi connectivity index (χ3v) is 9.00. The van der Waals surface area contributed by atoms with E-state index < -0.39 is 0 Å². The van der Waals surface area contributed by atoms with Crippen molar-refractivity contribution >= 4 is 0 Å². The summed E-state index contributed by atoms with van der Waals surface area (Å²) < 4.78 is 0. The summed E-state index contributed by atoms with van der Waals surface area (Å²) in [6.45, 7) is 14.1. The molecule has 0 heterocycles. The second-order valence-corrected chi connectivity index (χ2v) is 12.9.